The Bertz CT molecular complexity index is 202. The van der Waals surface area contributed by atoms with Crippen LogP contribution in [0.2, 0.25) is 6.04 Å². The van der Waals surface area contributed by atoms with E-state index in [-0.39, 0.29) is 12.4 Å². The predicted molar refractivity (Wildman–Crippen MR) is 60.6 cm³/mol. The Hall–Kier alpha value is -0.493. The van der Waals surface area contributed by atoms with Crippen LogP contribution in [0.1, 0.15) is 19.8 Å². The number of carbonyl (C=O) groups excluding carboxylic acids is 1. The van der Waals surface area contributed by atoms with Crippen LogP contribution in [-0.2, 0) is 18.1 Å². The van der Waals surface area contributed by atoms with Crippen LogP contribution < -0.4 is 0 Å². The molecule has 4 nitrogen and oxygen atoms in total. The molecule has 0 aromatic rings. The molecule has 0 heterocycles. The molecule has 15 heavy (non-hydrogen) atoms. The van der Waals surface area contributed by atoms with Crippen molar-refractivity contribution in [2.45, 2.75) is 25.8 Å². The second-order valence-corrected chi connectivity index (χ2v) is 6.13. The van der Waals surface area contributed by atoms with E-state index in [0.29, 0.717) is 0 Å². The Labute approximate surface area is 92.6 Å². The van der Waals surface area contributed by atoms with E-state index >= 15 is 0 Å². The van der Waals surface area contributed by atoms with E-state index in [1.165, 1.54) is 6.08 Å². The van der Waals surface area contributed by atoms with Gasteiger partial charge in [0, 0.05) is 20.3 Å². The number of rotatable bonds is 9. The molecule has 5 heteroatoms. The highest BCUT2D eigenvalue weighted by molar-refractivity contribution is 6.60. The van der Waals surface area contributed by atoms with Gasteiger partial charge in [0.05, 0.1) is 0 Å². The summed E-state index contributed by atoms with van der Waals surface area (Å²) in [7, 11) is 0.507. The molecule has 0 N–H and O–H groups in total. The number of unbranched alkanes of at least 4 members (excludes halogenated alkanes) is 1. The molecule has 0 aliphatic rings. The molecular formula is C10H20O4Si. The molecule has 0 atom stereocenters. The minimum Gasteiger partial charge on any atom is -0.377 e. The highest BCUT2D eigenvalue weighted by atomic mass is 28.4. The van der Waals surface area contributed by atoms with Crippen molar-refractivity contribution in [3.05, 3.63) is 12.7 Å². The monoisotopic (exact) mass is 232 g/mol. The molecule has 0 rings (SSSR count). The van der Waals surface area contributed by atoms with Crippen molar-refractivity contribution in [2.24, 2.45) is 0 Å². The molecule has 0 aromatic heterocycles. The second kappa shape index (κ2) is 7.75. The van der Waals surface area contributed by atoms with Gasteiger partial charge in [0.25, 0.3) is 0 Å². The van der Waals surface area contributed by atoms with Gasteiger partial charge >= 0.3 is 8.80 Å². The van der Waals surface area contributed by atoms with Gasteiger partial charge in [-0.1, -0.05) is 19.9 Å². The van der Waals surface area contributed by atoms with Gasteiger partial charge in [0.1, 0.15) is 6.61 Å². The van der Waals surface area contributed by atoms with Gasteiger partial charge in [0.2, 0.25) is 0 Å². The average molecular weight is 232 g/mol. The summed E-state index contributed by atoms with van der Waals surface area (Å²) in [6.45, 7) is 5.45. The zero-order chi connectivity index (χ0) is 11.7. The number of hydrogen-bond acceptors (Lipinski definition) is 4. The van der Waals surface area contributed by atoms with Crippen molar-refractivity contribution in [3.63, 3.8) is 0 Å². The highest BCUT2D eigenvalue weighted by Gasteiger charge is 2.38. The van der Waals surface area contributed by atoms with Crippen LogP contribution in [-0.4, -0.2) is 35.4 Å². The molecule has 0 unspecified atom stereocenters. The van der Waals surface area contributed by atoms with E-state index in [2.05, 4.69) is 13.5 Å². The molecule has 0 saturated carbocycles. The van der Waals surface area contributed by atoms with Gasteiger partial charge in [-0.15, -0.1) is 0 Å². The minimum atomic E-state index is -2.61. The standard InChI is InChI=1S/C10H20O4Si/c1-5-7-8-15(12-3,13-4)14-9-10(11)6-2/h6H,2,5,7-9H2,1,3-4H3. The molecule has 88 valence electrons. The Balaban J connectivity index is 4.22. The molecule has 0 bridgehead atoms. The first-order valence-corrected chi connectivity index (χ1v) is 6.96. The Morgan fingerprint density at radius 3 is 2.40 bits per heavy atom. The van der Waals surface area contributed by atoms with Gasteiger partial charge in [-0.2, -0.15) is 0 Å². The Morgan fingerprint density at radius 2 is 2.00 bits per heavy atom. The maximum atomic E-state index is 11.0. The third kappa shape index (κ3) is 5.22. The fourth-order valence-electron chi connectivity index (χ4n) is 1.11. The summed E-state index contributed by atoms with van der Waals surface area (Å²) in [5, 5.41) is 0. The van der Waals surface area contributed by atoms with Gasteiger partial charge in [-0.3, -0.25) is 4.79 Å². The first-order chi connectivity index (χ1) is 7.14. The largest absolute Gasteiger partial charge is 0.500 e. The molecule has 0 aromatic carbocycles. The third-order valence-corrected chi connectivity index (χ3v) is 4.91. The first kappa shape index (κ1) is 14.5. The van der Waals surface area contributed by atoms with E-state index in [0.717, 1.165) is 18.9 Å². The van der Waals surface area contributed by atoms with Crippen molar-refractivity contribution in [2.75, 3.05) is 20.8 Å². The van der Waals surface area contributed by atoms with E-state index in [9.17, 15) is 4.79 Å². The van der Waals surface area contributed by atoms with Crippen LogP contribution in [0.5, 0.6) is 0 Å². The van der Waals surface area contributed by atoms with Crippen molar-refractivity contribution in [1.82, 2.24) is 0 Å². The van der Waals surface area contributed by atoms with Crippen LogP contribution in [0.3, 0.4) is 0 Å². The molecule has 0 radical (unpaired) electrons. The molecule has 0 amide bonds. The van der Waals surface area contributed by atoms with E-state index in [1.807, 2.05) is 0 Å². The summed E-state index contributed by atoms with van der Waals surface area (Å²) in [4.78, 5) is 11.0. The number of hydrogen-bond donors (Lipinski definition) is 0. The lowest BCUT2D eigenvalue weighted by atomic mass is 10.4. The van der Waals surface area contributed by atoms with Gasteiger partial charge < -0.3 is 13.3 Å². The summed E-state index contributed by atoms with van der Waals surface area (Å²) in [6, 6.07) is 0.737. The van der Waals surface area contributed by atoms with Crippen LogP contribution in [0.15, 0.2) is 12.7 Å². The maximum Gasteiger partial charge on any atom is 0.500 e. The first-order valence-electron chi connectivity index (χ1n) is 5.03. The molecule has 0 spiro atoms. The summed E-state index contributed by atoms with van der Waals surface area (Å²) in [6.07, 6.45) is 3.25. The summed E-state index contributed by atoms with van der Waals surface area (Å²) >= 11 is 0. The number of carbonyl (C=O) groups is 1. The molecule has 0 fully saturated rings. The van der Waals surface area contributed by atoms with Crippen LogP contribution in [0.4, 0.5) is 0 Å². The molecule has 0 aliphatic carbocycles. The van der Waals surface area contributed by atoms with Crippen molar-refractivity contribution in [3.8, 4) is 0 Å². The van der Waals surface area contributed by atoms with Crippen LogP contribution in [0, 0.1) is 0 Å². The molecule has 0 aliphatic heterocycles. The fourth-order valence-corrected chi connectivity index (χ4v) is 3.21. The quantitative estimate of drug-likeness (QED) is 0.449. The molecule has 0 saturated heterocycles. The third-order valence-electron chi connectivity index (χ3n) is 2.12. The minimum absolute atomic E-state index is 0.0128. The van der Waals surface area contributed by atoms with Gasteiger partial charge in [-0.05, 0) is 12.5 Å². The fraction of sp³-hybridized carbons (Fsp3) is 0.700. The summed E-state index contributed by atoms with van der Waals surface area (Å²) in [5.41, 5.74) is 0. The Kier molecular flexibility index (Phi) is 7.50. The Morgan fingerprint density at radius 1 is 1.40 bits per heavy atom. The lowest BCUT2D eigenvalue weighted by Crippen LogP contribution is -2.44. The maximum absolute atomic E-state index is 11.0. The van der Waals surface area contributed by atoms with Crippen LogP contribution >= 0.6 is 0 Å². The lowest BCUT2D eigenvalue weighted by Gasteiger charge is -2.25. The topological polar surface area (TPSA) is 44.8 Å². The second-order valence-electron chi connectivity index (χ2n) is 3.15. The van der Waals surface area contributed by atoms with Crippen molar-refractivity contribution >= 4 is 14.6 Å². The zero-order valence-electron chi connectivity index (χ0n) is 9.75. The summed E-state index contributed by atoms with van der Waals surface area (Å²) < 4.78 is 16.0. The molecular weight excluding hydrogens is 212 g/mol. The van der Waals surface area contributed by atoms with E-state index in [1.54, 1.807) is 14.2 Å². The number of ketones is 1. The lowest BCUT2D eigenvalue weighted by molar-refractivity contribution is -0.117. The summed E-state index contributed by atoms with van der Waals surface area (Å²) in [5.74, 6) is -0.155. The normalized spacial score (nSPS) is 11.4. The SMILES string of the molecule is C=CC(=O)CO[Si](CCCC)(OC)OC. The van der Waals surface area contributed by atoms with E-state index in [4.69, 9.17) is 13.3 Å². The van der Waals surface area contributed by atoms with Crippen LogP contribution in [0.25, 0.3) is 0 Å². The highest BCUT2D eigenvalue weighted by Crippen LogP contribution is 2.17. The van der Waals surface area contributed by atoms with Gasteiger partial charge in [0.15, 0.2) is 5.78 Å². The smallest absolute Gasteiger partial charge is 0.377 e. The van der Waals surface area contributed by atoms with Gasteiger partial charge in [-0.25, -0.2) is 0 Å². The van der Waals surface area contributed by atoms with E-state index < -0.39 is 8.80 Å². The average Bonchev–Trinajstić information content (AvgIpc) is 2.30. The predicted octanol–water partition coefficient (Wildman–Crippen LogP) is 1.79. The van der Waals surface area contributed by atoms with Crippen molar-refractivity contribution < 1.29 is 18.1 Å². The zero-order valence-corrected chi connectivity index (χ0v) is 10.7. The van der Waals surface area contributed by atoms with Crippen molar-refractivity contribution in [1.29, 1.82) is 0 Å².